The molecule has 0 aliphatic rings. The van der Waals surface area contributed by atoms with Crippen molar-refractivity contribution in [3.63, 3.8) is 0 Å². The molecular weight excluding hydrogens is 309 g/mol. The summed E-state index contributed by atoms with van der Waals surface area (Å²) in [5.74, 6) is 0.527. The quantitative estimate of drug-likeness (QED) is 0.572. The van der Waals surface area contributed by atoms with Gasteiger partial charge in [-0.3, -0.25) is 4.57 Å². The lowest BCUT2D eigenvalue weighted by molar-refractivity contribution is 0.277. The fraction of sp³-hybridized carbons (Fsp3) is 0.308. The normalized spacial score (nSPS) is 11.5. The standard InChI is InChI=1S/C13H16N3O3PS/c1-18-20(17,19-2)8-9-21-13-15-12(10-14-16-13)11-6-4-3-5-7-11/h3-7,10H,8-9H2,1-2H3. The van der Waals surface area contributed by atoms with Gasteiger partial charge in [-0.15, -0.1) is 5.10 Å². The summed E-state index contributed by atoms with van der Waals surface area (Å²) in [6.07, 6.45) is 1.91. The van der Waals surface area contributed by atoms with Crippen LogP contribution in [0, 0.1) is 0 Å². The Morgan fingerprint density at radius 3 is 2.57 bits per heavy atom. The van der Waals surface area contributed by atoms with E-state index in [9.17, 15) is 4.57 Å². The van der Waals surface area contributed by atoms with Gasteiger partial charge in [-0.05, 0) is 0 Å². The summed E-state index contributed by atoms with van der Waals surface area (Å²) >= 11 is 1.37. The van der Waals surface area contributed by atoms with E-state index in [2.05, 4.69) is 15.2 Å². The van der Waals surface area contributed by atoms with Crippen LogP contribution in [0.2, 0.25) is 0 Å². The van der Waals surface area contributed by atoms with E-state index in [1.807, 2.05) is 30.3 Å². The second kappa shape index (κ2) is 7.66. The molecule has 0 radical (unpaired) electrons. The first-order valence-corrected chi connectivity index (χ1v) is 8.97. The Labute approximate surface area is 127 Å². The Kier molecular flexibility index (Phi) is 5.87. The van der Waals surface area contributed by atoms with Gasteiger partial charge in [-0.2, -0.15) is 5.10 Å². The highest BCUT2D eigenvalue weighted by Gasteiger charge is 2.20. The molecule has 8 heteroatoms. The second-order valence-electron chi connectivity index (χ2n) is 4.04. The van der Waals surface area contributed by atoms with Crippen LogP contribution in [0.4, 0.5) is 0 Å². The van der Waals surface area contributed by atoms with Gasteiger partial charge < -0.3 is 9.05 Å². The van der Waals surface area contributed by atoms with Crippen LogP contribution < -0.4 is 0 Å². The molecule has 0 aliphatic heterocycles. The van der Waals surface area contributed by atoms with Crippen LogP contribution in [-0.4, -0.2) is 41.3 Å². The average molecular weight is 325 g/mol. The molecule has 21 heavy (non-hydrogen) atoms. The highest BCUT2D eigenvalue weighted by Crippen LogP contribution is 2.46. The maximum absolute atomic E-state index is 11.9. The molecule has 0 aliphatic carbocycles. The zero-order chi connectivity index (χ0) is 15.1. The summed E-state index contributed by atoms with van der Waals surface area (Å²) < 4.78 is 21.7. The highest BCUT2D eigenvalue weighted by molar-refractivity contribution is 7.99. The van der Waals surface area contributed by atoms with E-state index in [4.69, 9.17) is 9.05 Å². The number of benzene rings is 1. The molecule has 112 valence electrons. The first-order chi connectivity index (χ1) is 10.2. The van der Waals surface area contributed by atoms with Crippen molar-refractivity contribution < 1.29 is 13.6 Å². The van der Waals surface area contributed by atoms with Crippen LogP contribution in [0.3, 0.4) is 0 Å². The average Bonchev–Trinajstić information content (AvgIpc) is 2.56. The first-order valence-electron chi connectivity index (χ1n) is 6.25. The molecule has 0 unspecified atom stereocenters. The Bertz CT molecular complexity index is 619. The summed E-state index contributed by atoms with van der Waals surface area (Å²) in [6, 6.07) is 9.75. The van der Waals surface area contributed by atoms with Crippen LogP contribution in [0.1, 0.15) is 0 Å². The van der Waals surface area contributed by atoms with Gasteiger partial charge in [0.2, 0.25) is 5.16 Å². The Morgan fingerprint density at radius 1 is 1.19 bits per heavy atom. The topological polar surface area (TPSA) is 74.2 Å². The van der Waals surface area contributed by atoms with Crippen molar-refractivity contribution in [2.24, 2.45) is 0 Å². The van der Waals surface area contributed by atoms with Gasteiger partial charge in [-0.25, -0.2) is 4.98 Å². The SMILES string of the molecule is COP(=O)(CCSc1nncc(-c2ccccc2)n1)OC. The third-order valence-corrected chi connectivity index (χ3v) is 5.79. The molecule has 1 aromatic heterocycles. The molecule has 2 aromatic rings. The van der Waals surface area contributed by atoms with Gasteiger partial charge in [0, 0.05) is 25.5 Å². The lowest BCUT2D eigenvalue weighted by Crippen LogP contribution is -1.99. The fourth-order valence-corrected chi connectivity index (χ4v) is 3.83. The number of rotatable bonds is 7. The van der Waals surface area contributed by atoms with Gasteiger partial charge in [0.05, 0.1) is 18.1 Å². The van der Waals surface area contributed by atoms with Crippen molar-refractivity contribution in [2.75, 3.05) is 26.1 Å². The predicted octanol–water partition coefficient (Wildman–Crippen LogP) is 3.12. The minimum absolute atomic E-state index is 0.295. The molecule has 0 spiro atoms. The van der Waals surface area contributed by atoms with Crippen molar-refractivity contribution in [3.8, 4) is 11.3 Å². The zero-order valence-electron chi connectivity index (χ0n) is 11.8. The van der Waals surface area contributed by atoms with E-state index in [-0.39, 0.29) is 0 Å². The number of nitrogens with zero attached hydrogens (tertiary/aromatic N) is 3. The van der Waals surface area contributed by atoms with Gasteiger partial charge in [0.1, 0.15) is 0 Å². The van der Waals surface area contributed by atoms with Crippen LogP contribution >= 0.6 is 19.4 Å². The predicted molar refractivity (Wildman–Crippen MR) is 82.5 cm³/mol. The van der Waals surface area contributed by atoms with Gasteiger partial charge >= 0.3 is 7.60 Å². The molecule has 0 fully saturated rings. The number of hydrogen-bond acceptors (Lipinski definition) is 7. The number of aromatic nitrogens is 3. The lowest BCUT2D eigenvalue weighted by atomic mass is 10.2. The zero-order valence-corrected chi connectivity index (χ0v) is 13.5. The summed E-state index contributed by atoms with van der Waals surface area (Å²) in [5.41, 5.74) is 1.74. The van der Waals surface area contributed by atoms with Crippen molar-refractivity contribution in [1.29, 1.82) is 0 Å². The summed E-state index contributed by atoms with van der Waals surface area (Å²) in [6.45, 7) is 0. The van der Waals surface area contributed by atoms with Crippen LogP contribution in [0.15, 0.2) is 41.7 Å². The van der Waals surface area contributed by atoms with E-state index in [1.54, 1.807) is 6.20 Å². The minimum atomic E-state index is -2.98. The molecule has 6 nitrogen and oxygen atoms in total. The van der Waals surface area contributed by atoms with E-state index in [0.717, 1.165) is 11.3 Å². The van der Waals surface area contributed by atoms with Gasteiger partial charge in [0.15, 0.2) is 0 Å². The van der Waals surface area contributed by atoms with Crippen LogP contribution in [-0.2, 0) is 13.6 Å². The van der Waals surface area contributed by atoms with Crippen molar-refractivity contribution in [2.45, 2.75) is 5.16 Å². The molecular formula is C13H16N3O3PS. The molecule has 1 aromatic carbocycles. The van der Waals surface area contributed by atoms with E-state index < -0.39 is 7.60 Å². The molecule has 1 heterocycles. The monoisotopic (exact) mass is 325 g/mol. The lowest BCUT2D eigenvalue weighted by Gasteiger charge is -2.12. The Morgan fingerprint density at radius 2 is 1.90 bits per heavy atom. The first kappa shape index (κ1) is 16.1. The van der Waals surface area contributed by atoms with E-state index in [1.165, 1.54) is 26.0 Å². The minimum Gasteiger partial charge on any atom is -0.312 e. The third kappa shape index (κ3) is 4.61. The Balaban J connectivity index is 2.01. The number of thioether (sulfide) groups is 1. The largest absolute Gasteiger partial charge is 0.330 e. The highest BCUT2D eigenvalue weighted by atomic mass is 32.2. The molecule has 0 amide bonds. The van der Waals surface area contributed by atoms with Crippen molar-refractivity contribution in [1.82, 2.24) is 15.2 Å². The summed E-state index contributed by atoms with van der Waals surface area (Å²) in [4.78, 5) is 4.43. The van der Waals surface area contributed by atoms with Crippen LogP contribution in [0.5, 0.6) is 0 Å². The Hall–Kier alpha value is -1.27. The third-order valence-electron chi connectivity index (χ3n) is 2.76. The van der Waals surface area contributed by atoms with Gasteiger partial charge in [0.25, 0.3) is 0 Å². The van der Waals surface area contributed by atoms with Crippen molar-refractivity contribution >= 4 is 19.4 Å². The second-order valence-corrected chi connectivity index (χ2v) is 7.50. The molecule has 2 rings (SSSR count). The van der Waals surface area contributed by atoms with Crippen LogP contribution in [0.25, 0.3) is 11.3 Å². The molecule has 0 atom stereocenters. The molecule has 0 N–H and O–H groups in total. The van der Waals surface area contributed by atoms with Gasteiger partial charge in [-0.1, -0.05) is 42.1 Å². The summed E-state index contributed by atoms with van der Waals surface area (Å²) in [5, 5.41) is 8.46. The molecule has 0 bridgehead atoms. The summed E-state index contributed by atoms with van der Waals surface area (Å²) in [7, 11) is -0.229. The molecule has 0 saturated carbocycles. The van der Waals surface area contributed by atoms with Crippen molar-refractivity contribution in [3.05, 3.63) is 36.5 Å². The van der Waals surface area contributed by atoms with E-state index in [0.29, 0.717) is 17.1 Å². The number of hydrogen-bond donors (Lipinski definition) is 0. The maximum atomic E-state index is 11.9. The molecule has 0 saturated heterocycles. The fourth-order valence-electron chi connectivity index (χ4n) is 1.60. The maximum Gasteiger partial charge on any atom is 0.330 e. The van der Waals surface area contributed by atoms with E-state index >= 15 is 0 Å². The smallest absolute Gasteiger partial charge is 0.312 e.